The molecular weight excluding hydrogens is 96.0 g/mol. The molecule has 0 spiro atoms. The fraction of sp³-hybridized carbons (Fsp3) is 0.500. The number of carbonyl (C=O) groups excluding carboxylic acids is 2. The normalized spacial score (nSPS) is 28.0. The van der Waals surface area contributed by atoms with Crippen LogP contribution in [0.5, 0.6) is 0 Å². The predicted molar refractivity (Wildman–Crippen MR) is 20.5 cm³/mol. The summed E-state index contributed by atoms with van der Waals surface area (Å²) in [6.07, 6.45) is 0.603. The van der Waals surface area contributed by atoms with E-state index >= 15 is 0 Å². The molecule has 0 aromatic carbocycles. The van der Waals surface area contributed by atoms with E-state index in [1.165, 1.54) is 0 Å². The summed E-state index contributed by atoms with van der Waals surface area (Å²) in [5.74, 6) is -0.852. The topological polar surface area (TPSA) is 43.4 Å². The van der Waals surface area contributed by atoms with Gasteiger partial charge in [0.25, 0.3) is 0 Å². The smallest absolute Gasteiger partial charge is 0.319 e. The molecule has 1 saturated heterocycles. The van der Waals surface area contributed by atoms with Crippen molar-refractivity contribution in [3.63, 3.8) is 0 Å². The molecule has 1 heterocycles. The van der Waals surface area contributed by atoms with E-state index in [4.69, 9.17) is 0 Å². The highest BCUT2D eigenvalue weighted by atomic mass is 16.6. The van der Waals surface area contributed by atoms with E-state index in [9.17, 15) is 9.59 Å². The Labute approximate surface area is 40.3 Å². The van der Waals surface area contributed by atoms with Crippen LogP contribution in [0.2, 0.25) is 0 Å². The molecular formula is C4H4O3. The zero-order valence-electron chi connectivity index (χ0n) is 3.59. The van der Waals surface area contributed by atoms with Crippen LogP contribution < -0.4 is 0 Å². The average Bonchev–Trinajstić information content (AvgIpc) is 1.65. The SMILES string of the molecule is O=CC1COC1=O. The molecule has 38 valence electrons. The molecule has 7 heavy (non-hydrogen) atoms. The fourth-order valence-electron chi connectivity index (χ4n) is 0.342. The molecule has 1 rings (SSSR count). The maximum atomic E-state index is 10.0. The average molecular weight is 100 g/mol. The third-order valence-corrected chi connectivity index (χ3v) is 0.872. The van der Waals surface area contributed by atoms with Crippen molar-refractivity contribution in [2.45, 2.75) is 0 Å². The zero-order chi connectivity index (χ0) is 5.28. The Kier molecular flexibility index (Phi) is 0.817. The quantitative estimate of drug-likeness (QED) is 0.250. The van der Waals surface area contributed by atoms with Crippen molar-refractivity contribution in [3.05, 3.63) is 0 Å². The number of rotatable bonds is 1. The minimum atomic E-state index is -0.458. The van der Waals surface area contributed by atoms with Crippen LogP contribution in [0.25, 0.3) is 0 Å². The number of cyclic esters (lactones) is 1. The van der Waals surface area contributed by atoms with Gasteiger partial charge >= 0.3 is 5.97 Å². The lowest BCUT2D eigenvalue weighted by molar-refractivity contribution is -0.168. The van der Waals surface area contributed by atoms with E-state index in [1.807, 2.05) is 0 Å². The Morgan fingerprint density at radius 2 is 2.57 bits per heavy atom. The van der Waals surface area contributed by atoms with Crippen molar-refractivity contribution >= 4 is 12.3 Å². The minimum absolute atomic E-state index is 0.280. The lowest BCUT2D eigenvalue weighted by Crippen LogP contribution is -2.35. The van der Waals surface area contributed by atoms with Gasteiger partial charge in [-0.25, -0.2) is 0 Å². The third-order valence-electron chi connectivity index (χ3n) is 0.872. The number of carbonyl (C=O) groups is 2. The highest BCUT2D eigenvalue weighted by Gasteiger charge is 2.29. The summed E-state index contributed by atoms with van der Waals surface area (Å²) in [4.78, 5) is 19.7. The summed E-state index contributed by atoms with van der Waals surface area (Å²) < 4.78 is 4.26. The summed E-state index contributed by atoms with van der Waals surface area (Å²) in [6, 6.07) is 0. The van der Waals surface area contributed by atoms with Crippen LogP contribution in [-0.4, -0.2) is 18.9 Å². The highest BCUT2D eigenvalue weighted by molar-refractivity contribution is 5.91. The first-order valence-electron chi connectivity index (χ1n) is 1.96. The minimum Gasteiger partial charge on any atom is -0.464 e. The van der Waals surface area contributed by atoms with Crippen LogP contribution in [-0.2, 0) is 14.3 Å². The Balaban J connectivity index is 2.43. The van der Waals surface area contributed by atoms with Gasteiger partial charge in [-0.3, -0.25) is 4.79 Å². The molecule has 1 fully saturated rings. The van der Waals surface area contributed by atoms with Gasteiger partial charge in [0.05, 0.1) is 0 Å². The Morgan fingerprint density at radius 1 is 1.86 bits per heavy atom. The number of hydrogen-bond donors (Lipinski definition) is 0. The summed E-state index contributed by atoms with van der Waals surface area (Å²) in [5.41, 5.74) is 0. The molecule has 0 saturated carbocycles. The molecule has 0 amide bonds. The van der Waals surface area contributed by atoms with E-state index in [2.05, 4.69) is 4.74 Å². The van der Waals surface area contributed by atoms with Crippen molar-refractivity contribution < 1.29 is 14.3 Å². The van der Waals surface area contributed by atoms with Gasteiger partial charge in [0.1, 0.15) is 18.8 Å². The summed E-state index contributed by atoms with van der Waals surface area (Å²) in [5, 5.41) is 0. The number of ether oxygens (including phenoxy) is 1. The number of esters is 1. The summed E-state index contributed by atoms with van der Waals surface area (Å²) in [7, 11) is 0. The first-order chi connectivity index (χ1) is 3.34. The predicted octanol–water partition coefficient (Wildman–Crippen LogP) is -0.642. The fourth-order valence-corrected chi connectivity index (χ4v) is 0.342. The second kappa shape index (κ2) is 1.33. The van der Waals surface area contributed by atoms with Gasteiger partial charge in [-0.1, -0.05) is 0 Å². The molecule has 0 N–H and O–H groups in total. The maximum absolute atomic E-state index is 10.0. The molecule has 3 nitrogen and oxygen atoms in total. The molecule has 1 atom stereocenters. The molecule has 3 heteroatoms. The first kappa shape index (κ1) is 4.30. The lowest BCUT2D eigenvalue weighted by Gasteiger charge is -2.17. The van der Waals surface area contributed by atoms with Gasteiger partial charge in [0.15, 0.2) is 0 Å². The van der Waals surface area contributed by atoms with E-state index in [1.54, 1.807) is 0 Å². The van der Waals surface area contributed by atoms with Crippen molar-refractivity contribution in [3.8, 4) is 0 Å². The molecule has 0 bridgehead atoms. The Morgan fingerprint density at radius 3 is 2.57 bits per heavy atom. The molecule has 1 aliphatic rings. The first-order valence-corrected chi connectivity index (χ1v) is 1.96. The van der Waals surface area contributed by atoms with Crippen LogP contribution in [0.1, 0.15) is 0 Å². The Hall–Kier alpha value is -0.860. The second-order valence-electron chi connectivity index (χ2n) is 1.37. The van der Waals surface area contributed by atoms with E-state index in [0.29, 0.717) is 6.29 Å². The van der Waals surface area contributed by atoms with Crippen LogP contribution in [0.3, 0.4) is 0 Å². The van der Waals surface area contributed by atoms with Crippen molar-refractivity contribution in [2.75, 3.05) is 6.61 Å². The Bertz CT molecular complexity index is 108. The van der Waals surface area contributed by atoms with Gasteiger partial charge in [-0.2, -0.15) is 0 Å². The van der Waals surface area contributed by atoms with E-state index in [-0.39, 0.29) is 6.61 Å². The molecule has 1 aliphatic heterocycles. The van der Waals surface area contributed by atoms with Crippen LogP contribution in [0.4, 0.5) is 0 Å². The van der Waals surface area contributed by atoms with E-state index in [0.717, 1.165) is 0 Å². The van der Waals surface area contributed by atoms with E-state index < -0.39 is 11.9 Å². The van der Waals surface area contributed by atoms with Crippen LogP contribution in [0.15, 0.2) is 0 Å². The lowest BCUT2D eigenvalue weighted by atomic mass is 10.1. The summed E-state index contributed by atoms with van der Waals surface area (Å²) >= 11 is 0. The second-order valence-corrected chi connectivity index (χ2v) is 1.37. The van der Waals surface area contributed by atoms with Crippen molar-refractivity contribution in [1.29, 1.82) is 0 Å². The van der Waals surface area contributed by atoms with Crippen LogP contribution >= 0.6 is 0 Å². The van der Waals surface area contributed by atoms with Crippen molar-refractivity contribution in [1.82, 2.24) is 0 Å². The van der Waals surface area contributed by atoms with Crippen LogP contribution in [0, 0.1) is 5.92 Å². The summed E-state index contributed by atoms with van der Waals surface area (Å²) in [6.45, 7) is 0.280. The van der Waals surface area contributed by atoms with Gasteiger partial charge in [0, 0.05) is 0 Å². The van der Waals surface area contributed by atoms with Gasteiger partial charge in [0.2, 0.25) is 0 Å². The number of hydrogen-bond acceptors (Lipinski definition) is 3. The van der Waals surface area contributed by atoms with Gasteiger partial charge in [-0.15, -0.1) is 0 Å². The zero-order valence-corrected chi connectivity index (χ0v) is 3.59. The van der Waals surface area contributed by atoms with Gasteiger partial charge in [-0.05, 0) is 0 Å². The van der Waals surface area contributed by atoms with Gasteiger partial charge < -0.3 is 9.53 Å². The largest absolute Gasteiger partial charge is 0.464 e. The highest BCUT2D eigenvalue weighted by Crippen LogP contribution is 2.07. The molecule has 0 aromatic heterocycles. The maximum Gasteiger partial charge on any atom is 0.319 e. The molecule has 1 unspecified atom stereocenters. The third kappa shape index (κ3) is 0.493. The molecule has 0 aliphatic carbocycles. The monoisotopic (exact) mass is 100 g/mol. The molecule has 0 aromatic rings. The number of aldehydes is 1. The van der Waals surface area contributed by atoms with Crippen molar-refractivity contribution in [2.24, 2.45) is 5.92 Å². The standard InChI is InChI=1S/C4H4O3/c5-1-3-2-7-4(3)6/h1,3H,2H2. The molecule has 0 radical (unpaired) electrons.